The first-order valence-electron chi connectivity index (χ1n) is 13.1. The number of carbonyl (C=O) groups excluding carboxylic acids is 3. The minimum absolute atomic E-state index is 0.0665. The van der Waals surface area contributed by atoms with Gasteiger partial charge < -0.3 is 42.0 Å². The molecule has 6 rings (SSSR count). The van der Waals surface area contributed by atoms with Crippen LogP contribution in [-0.2, 0) is 9.59 Å². The second-order valence-corrected chi connectivity index (χ2v) is 10.6. The highest BCUT2D eigenvalue weighted by molar-refractivity contribution is 6.02. The van der Waals surface area contributed by atoms with Gasteiger partial charge in [-0.25, -0.2) is 9.98 Å². The number of aliphatic hydroxyl groups is 2. The predicted octanol–water partition coefficient (Wildman–Crippen LogP) is -2.11. The highest BCUT2D eigenvalue weighted by Crippen LogP contribution is 2.45. The SMILES string of the molecule is CCC1CCOc2c(C(=O)NC3CN4C(N)=N[C@@H](CN5C(=O)CCC5=O)C5N=C(N)NC54C3(O)O)cccc21. The molecule has 5 aliphatic rings. The molecule has 39 heavy (non-hydrogen) atoms. The molecule has 2 saturated heterocycles. The average molecular weight is 541 g/mol. The van der Waals surface area contributed by atoms with E-state index in [4.69, 9.17) is 16.2 Å². The molecule has 208 valence electrons. The number of nitrogens with zero attached hydrogens (tertiary/aromatic N) is 4. The summed E-state index contributed by atoms with van der Waals surface area (Å²) in [5, 5.41) is 28.9. The molecule has 5 heterocycles. The van der Waals surface area contributed by atoms with Crippen LogP contribution in [0, 0.1) is 0 Å². The van der Waals surface area contributed by atoms with Gasteiger partial charge >= 0.3 is 0 Å². The molecular formula is C25H32N8O6. The Morgan fingerprint density at radius 1 is 1.23 bits per heavy atom. The Balaban J connectivity index is 1.31. The van der Waals surface area contributed by atoms with E-state index in [-0.39, 0.29) is 55.6 Å². The highest BCUT2D eigenvalue weighted by Gasteiger charge is 2.73. The normalized spacial score (nSPS) is 32.5. The lowest BCUT2D eigenvalue weighted by Gasteiger charge is -2.49. The molecule has 2 fully saturated rings. The molecule has 0 radical (unpaired) electrons. The van der Waals surface area contributed by atoms with Crippen molar-refractivity contribution in [3.63, 3.8) is 0 Å². The summed E-state index contributed by atoms with van der Waals surface area (Å²) >= 11 is 0. The van der Waals surface area contributed by atoms with E-state index in [1.54, 1.807) is 12.1 Å². The third-order valence-electron chi connectivity index (χ3n) is 8.57. The Hall–Kier alpha value is -3.91. The number of para-hydroxylation sites is 1. The third-order valence-corrected chi connectivity index (χ3v) is 8.57. The summed E-state index contributed by atoms with van der Waals surface area (Å²) in [5.74, 6) is -3.27. The van der Waals surface area contributed by atoms with Crippen LogP contribution in [-0.4, -0.2) is 98.9 Å². The first-order valence-corrected chi connectivity index (χ1v) is 13.1. The third kappa shape index (κ3) is 3.58. The molecule has 8 N–H and O–H groups in total. The van der Waals surface area contributed by atoms with Crippen molar-refractivity contribution in [3.8, 4) is 5.75 Å². The molecule has 5 atom stereocenters. The largest absolute Gasteiger partial charge is 0.492 e. The Kier molecular flexibility index (Phi) is 5.73. The van der Waals surface area contributed by atoms with Crippen LogP contribution in [0.2, 0.25) is 0 Å². The molecule has 5 aliphatic heterocycles. The van der Waals surface area contributed by atoms with E-state index in [2.05, 4.69) is 27.5 Å². The van der Waals surface area contributed by atoms with E-state index in [0.717, 1.165) is 23.3 Å². The van der Waals surface area contributed by atoms with Gasteiger partial charge in [0.1, 0.15) is 17.8 Å². The van der Waals surface area contributed by atoms with Gasteiger partial charge in [0.25, 0.3) is 5.91 Å². The summed E-state index contributed by atoms with van der Waals surface area (Å²) < 4.78 is 5.87. The van der Waals surface area contributed by atoms with E-state index in [9.17, 15) is 24.6 Å². The fourth-order valence-electron chi connectivity index (χ4n) is 6.58. The van der Waals surface area contributed by atoms with Crippen LogP contribution in [0.3, 0.4) is 0 Å². The van der Waals surface area contributed by atoms with Gasteiger partial charge in [-0.1, -0.05) is 19.1 Å². The van der Waals surface area contributed by atoms with Gasteiger partial charge in [-0.3, -0.25) is 19.3 Å². The van der Waals surface area contributed by atoms with Gasteiger partial charge in [0.05, 0.1) is 24.8 Å². The lowest BCUT2D eigenvalue weighted by atomic mass is 9.84. The summed E-state index contributed by atoms with van der Waals surface area (Å²) in [6.07, 6.45) is 1.95. The van der Waals surface area contributed by atoms with Gasteiger partial charge in [-0.05, 0) is 30.4 Å². The molecule has 4 unspecified atom stereocenters. The Morgan fingerprint density at radius 3 is 2.69 bits per heavy atom. The molecule has 3 amide bonds. The number of hydrogen-bond acceptors (Lipinski definition) is 12. The molecule has 0 aliphatic carbocycles. The number of aliphatic imine (C=N–C) groups is 2. The molecular weight excluding hydrogens is 508 g/mol. The Labute approximate surface area is 224 Å². The summed E-state index contributed by atoms with van der Waals surface area (Å²) in [7, 11) is 0. The first-order chi connectivity index (χ1) is 18.6. The molecule has 1 aromatic carbocycles. The molecule has 14 heteroatoms. The molecule has 14 nitrogen and oxygen atoms in total. The topological polar surface area (TPSA) is 208 Å². The maximum absolute atomic E-state index is 13.5. The summed E-state index contributed by atoms with van der Waals surface area (Å²) in [6, 6.07) is 2.19. The van der Waals surface area contributed by atoms with Crippen LogP contribution in [0.4, 0.5) is 0 Å². The Morgan fingerprint density at radius 2 is 1.97 bits per heavy atom. The zero-order valence-corrected chi connectivity index (χ0v) is 21.5. The van der Waals surface area contributed by atoms with E-state index in [1.807, 2.05) is 6.07 Å². The van der Waals surface area contributed by atoms with E-state index in [0.29, 0.717) is 17.9 Å². The monoisotopic (exact) mass is 540 g/mol. The number of ether oxygens (including phenoxy) is 1. The van der Waals surface area contributed by atoms with Crippen molar-refractivity contribution in [1.29, 1.82) is 0 Å². The van der Waals surface area contributed by atoms with Crippen molar-refractivity contribution in [3.05, 3.63) is 29.3 Å². The van der Waals surface area contributed by atoms with E-state index < -0.39 is 35.5 Å². The smallest absolute Gasteiger partial charge is 0.255 e. The fraction of sp³-hybridized carbons (Fsp3) is 0.560. The van der Waals surface area contributed by atoms with Crippen LogP contribution in [0.1, 0.15) is 54.4 Å². The number of fused-ring (bicyclic) bond motifs is 1. The molecule has 0 bridgehead atoms. The quantitative estimate of drug-likeness (QED) is 0.177. The molecule has 0 aromatic heterocycles. The number of hydrogen-bond donors (Lipinski definition) is 6. The summed E-state index contributed by atoms with van der Waals surface area (Å²) in [6.45, 7) is 2.30. The number of benzene rings is 1. The standard InChI is InChI=1S/C25H32N8O6/c1-2-12-8-9-39-19-13(12)4-3-5-14(19)21(36)29-16-11-33-23(27)28-15(10-32-17(34)6-7-18(32)35)20-24(33,25(16,37)38)31-22(26)30-20/h3-5,12,15-16,20,37-38H,2,6-11H2,1H3,(H2,27,28)(H,29,36)(H3,26,30,31)/t12?,15-,16?,20?,24?/m0/s1. The van der Waals surface area contributed by atoms with Crippen molar-refractivity contribution < 1.29 is 29.3 Å². The summed E-state index contributed by atoms with van der Waals surface area (Å²) in [5.41, 5.74) is 11.8. The van der Waals surface area contributed by atoms with Crippen molar-refractivity contribution in [2.45, 2.75) is 68.1 Å². The van der Waals surface area contributed by atoms with Gasteiger partial charge in [-0.15, -0.1) is 0 Å². The maximum atomic E-state index is 13.5. The van der Waals surface area contributed by atoms with Crippen LogP contribution in [0.15, 0.2) is 28.2 Å². The number of nitrogens with two attached hydrogens (primary N) is 2. The van der Waals surface area contributed by atoms with Crippen LogP contribution in [0.5, 0.6) is 5.75 Å². The predicted molar refractivity (Wildman–Crippen MR) is 137 cm³/mol. The summed E-state index contributed by atoms with van der Waals surface area (Å²) in [4.78, 5) is 49.4. The number of nitrogens with one attached hydrogen (secondary N) is 2. The van der Waals surface area contributed by atoms with Gasteiger partial charge in [0.2, 0.25) is 17.6 Å². The molecule has 1 spiro atoms. The zero-order chi connectivity index (χ0) is 27.7. The van der Waals surface area contributed by atoms with Gasteiger partial charge in [-0.2, -0.15) is 0 Å². The van der Waals surface area contributed by atoms with Crippen molar-refractivity contribution in [2.24, 2.45) is 21.5 Å². The number of imide groups is 1. The van der Waals surface area contributed by atoms with Crippen LogP contribution >= 0.6 is 0 Å². The fourth-order valence-corrected chi connectivity index (χ4v) is 6.58. The maximum Gasteiger partial charge on any atom is 0.255 e. The number of likely N-dealkylation sites (tertiary alicyclic amines) is 1. The number of amides is 3. The van der Waals surface area contributed by atoms with Crippen LogP contribution < -0.4 is 26.8 Å². The van der Waals surface area contributed by atoms with E-state index >= 15 is 0 Å². The van der Waals surface area contributed by atoms with Crippen molar-refractivity contribution in [2.75, 3.05) is 19.7 Å². The minimum Gasteiger partial charge on any atom is -0.492 e. The van der Waals surface area contributed by atoms with Crippen molar-refractivity contribution >= 4 is 29.6 Å². The average Bonchev–Trinajstić information content (AvgIpc) is 3.50. The first kappa shape index (κ1) is 25.4. The minimum atomic E-state index is -2.64. The highest BCUT2D eigenvalue weighted by atomic mass is 16.5. The van der Waals surface area contributed by atoms with Crippen molar-refractivity contribution in [1.82, 2.24) is 20.4 Å². The van der Waals surface area contributed by atoms with Gasteiger partial charge in [0, 0.05) is 19.4 Å². The second kappa shape index (κ2) is 8.81. The Bertz CT molecular complexity index is 1300. The lowest BCUT2D eigenvalue weighted by Crippen LogP contribution is -2.78. The van der Waals surface area contributed by atoms with Crippen LogP contribution in [0.25, 0.3) is 0 Å². The lowest BCUT2D eigenvalue weighted by molar-refractivity contribution is -0.230. The van der Waals surface area contributed by atoms with Gasteiger partial charge in [0.15, 0.2) is 17.6 Å². The zero-order valence-electron chi connectivity index (χ0n) is 21.5. The number of rotatable bonds is 5. The number of carbonyl (C=O) groups is 3. The van der Waals surface area contributed by atoms with E-state index in [1.165, 1.54) is 4.90 Å². The molecule has 0 saturated carbocycles. The number of guanidine groups is 2. The second-order valence-electron chi connectivity index (χ2n) is 10.6. The molecule has 1 aromatic rings.